The minimum atomic E-state index is -0.600. The number of amides is 1. The molecule has 6 nitrogen and oxygen atoms in total. The van der Waals surface area contributed by atoms with E-state index in [1.807, 2.05) is 38.1 Å². The zero-order valence-electron chi connectivity index (χ0n) is 15.9. The van der Waals surface area contributed by atoms with E-state index in [1.165, 1.54) is 16.2 Å². The Morgan fingerprint density at radius 3 is 2.55 bits per heavy atom. The number of para-hydroxylation sites is 1. The molecule has 1 unspecified atom stereocenters. The number of rotatable bonds is 3. The number of hydrogen-bond donors (Lipinski definition) is 0. The van der Waals surface area contributed by atoms with E-state index in [9.17, 15) is 9.59 Å². The Hall–Kier alpha value is -3.32. The number of anilines is 1. The van der Waals surface area contributed by atoms with Gasteiger partial charge in [-0.2, -0.15) is 0 Å². The zero-order valence-corrected chi connectivity index (χ0v) is 16.7. The molecule has 1 aliphatic rings. The van der Waals surface area contributed by atoms with E-state index in [4.69, 9.17) is 4.42 Å². The van der Waals surface area contributed by atoms with Gasteiger partial charge >= 0.3 is 0 Å². The Morgan fingerprint density at radius 2 is 1.83 bits per heavy atom. The Bertz CT molecular complexity index is 1310. The normalized spacial score (nSPS) is 15.9. The smallest absolute Gasteiger partial charge is 0.297 e. The summed E-state index contributed by atoms with van der Waals surface area (Å²) in [5.41, 5.74) is 2.49. The van der Waals surface area contributed by atoms with Gasteiger partial charge in [0.1, 0.15) is 10.6 Å². The van der Waals surface area contributed by atoms with Gasteiger partial charge in [-0.25, -0.2) is 0 Å². The third-order valence-electron chi connectivity index (χ3n) is 5.14. The molecule has 3 heterocycles. The van der Waals surface area contributed by atoms with E-state index in [0.717, 1.165) is 22.6 Å². The van der Waals surface area contributed by atoms with Crippen molar-refractivity contribution in [2.24, 2.45) is 0 Å². The first kappa shape index (κ1) is 17.8. The van der Waals surface area contributed by atoms with Crippen LogP contribution >= 0.6 is 11.3 Å². The summed E-state index contributed by atoms with van der Waals surface area (Å²) in [4.78, 5) is 28.3. The molecule has 7 heteroatoms. The zero-order chi connectivity index (χ0) is 20.1. The molecule has 0 saturated heterocycles. The highest BCUT2D eigenvalue weighted by atomic mass is 32.1. The molecular formula is C22H17N3O3S. The summed E-state index contributed by atoms with van der Waals surface area (Å²) in [5, 5.41) is 10.1. The molecule has 0 bridgehead atoms. The van der Waals surface area contributed by atoms with E-state index in [0.29, 0.717) is 21.7 Å². The molecule has 0 saturated carbocycles. The quantitative estimate of drug-likeness (QED) is 0.511. The average Bonchev–Trinajstić information content (AvgIpc) is 3.32. The molecule has 144 valence electrons. The highest BCUT2D eigenvalue weighted by Crippen LogP contribution is 2.42. The van der Waals surface area contributed by atoms with E-state index in [-0.39, 0.29) is 17.1 Å². The Morgan fingerprint density at radius 1 is 1.07 bits per heavy atom. The van der Waals surface area contributed by atoms with Crippen molar-refractivity contribution >= 4 is 33.3 Å². The molecule has 5 rings (SSSR count). The number of carbonyl (C=O) groups is 1. The van der Waals surface area contributed by atoms with Gasteiger partial charge in [0.2, 0.25) is 10.9 Å². The molecule has 1 amide bonds. The predicted octanol–water partition coefficient (Wildman–Crippen LogP) is 4.27. The molecule has 0 radical (unpaired) electrons. The molecule has 2 aromatic carbocycles. The number of nitrogens with zero attached hydrogens (tertiary/aromatic N) is 3. The monoisotopic (exact) mass is 403 g/mol. The van der Waals surface area contributed by atoms with Crippen LogP contribution in [0, 0.1) is 6.92 Å². The van der Waals surface area contributed by atoms with Crippen molar-refractivity contribution < 1.29 is 9.21 Å². The van der Waals surface area contributed by atoms with Gasteiger partial charge in [0, 0.05) is 0 Å². The van der Waals surface area contributed by atoms with Crippen LogP contribution < -0.4 is 10.3 Å². The Balaban J connectivity index is 1.80. The van der Waals surface area contributed by atoms with Crippen molar-refractivity contribution in [2.45, 2.75) is 26.3 Å². The van der Waals surface area contributed by atoms with Crippen LogP contribution in [0.3, 0.4) is 0 Å². The first-order chi connectivity index (χ1) is 14.1. The van der Waals surface area contributed by atoms with Crippen LogP contribution in [-0.2, 0) is 6.42 Å². The molecule has 1 atom stereocenters. The second-order valence-corrected chi connectivity index (χ2v) is 8.03. The highest BCUT2D eigenvalue weighted by molar-refractivity contribution is 7.15. The second-order valence-electron chi connectivity index (χ2n) is 6.99. The summed E-state index contributed by atoms with van der Waals surface area (Å²) < 4.78 is 5.92. The number of aryl methyl sites for hydroxylation is 2. The molecule has 2 aromatic heterocycles. The minimum Gasteiger partial charge on any atom is -0.450 e. The number of benzene rings is 2. The minimum absolute atomic E-state index is 0.0764. The van der Waals surface area contributed by atoms with Crippen molar-refractivity contribution in [1.29, 1.82) is 0 Å². The van der Waals surface area contributed by atoms with E-state index in [2.05, 4.69) is 10.2 Å². The fourth-order valence-corrected chi connectivity index (χ4v) is 4.47. The number of fused-ring (bicyclic) bond motifs is 2. The topological polar surface area (TPSA) is 76.3 Å². The van der Waals surface area contributed by atoms with Crippen molar-refractivity contribution in [1.82, 2.24) is 10.2 Å². The molecule has 1 aliphatic heterocycles. The lowest BCUT2D eigenvalue weighted by atomic mass is 9.98. The van der Waals surface area contributed by atoms with E-state index in [1.54, 1.807) is 24.3 Å². The van der Waals surface area contributed by atoms with Crippen molar-refractivity contribution in [2.75, 3.05) is 4.90 Å². The number of hydrogen-bond acceptors (Lipinski definition) is 6. The fraction of sp³-hybridized carbons (Fsp3) is 0.182. The lowest BCUT2D eigenvalue weighted by Crippen LogP contribution is -2.29. The highest BCUT2D eigenvalue weighted by Gasteiger charge is 2.45. The first-order valence-corrected chi connectivity index (χ1v) is 10.2. The van der Waals surface area contributed by atoms with E-state index < -0.39 is 6.04 Å². The summed E-state index contributed by atoms with van der Waals surface area (Å²) >= 11 is 1.36. The summed E-state index contributed by atoms with van der Waals surface area (Å²) in [6, 6.07) is 14.2. The fourth-order valence-electron chi connectivity index (χ4n) is 3.67. The lowest BCUT2D eigenvalue weighted by molar-refractivity contribution is 0.0970. The number of aromatic nitrogens is 2. The van der Waals surface area contributed by atoms with Crippen molar-refractivity contribution in [3.05, 3.63) is 86.2 Å². The summed E-state index contributed by atoms with van der Waals surface area (Å²) in [5.74, 6) is -0.292. The molecular weight excluding hydrogens is 386 g/mol. The molecule has 0 N–H and O–H groups in total. The molecule has 0 spiro atoms. The average molecular weight is 403 g/mol. The van der Waals surface area contributed by atoms with Crippen LogP contribution in [-0.4, -0.2) is 16.1 Å². The number of carbonyl (C=O) groups excluding carboxylic acids is 1. The van der Waals surface area contributed by atoms with Crippen molar-refractivity contribution in [3.63, 3.8) is 0 Å². The first-order valence-electron chi connectivity index (χ1n) is 9.36. The lowest BCUT2D eigenvalue weighted by Gasteiger charge is -2.22. The van der Waals surface area contributed by atoms with Crippen LogP contribution in [0.4, 0.5) is 5.13 Å². The molecule has 29 heavy (non-hydrogen) atoms. The SMILES string of the molecule is CCc1nnc(N2C(=O)c3oc4ccccc4c(=O)c3C2c2ccc(C)cc2)s1. The Kier molecular flexibility index (Phi) is 4.06. The van der Waals surface area contributed by atoms with Crippen LogP contribution in [0.25, 0.3) is 11.0 Å². The van der Waals surface area contributed by atoms with Crippen LogP contribution in [0.5, 0.6) is 0 Å². The standard InChI is InChI=1S/C22H17N3O3S/c1-3-16-23-24-22(29-16)25-18(13-10-8-12(2)9-11-13)17-19(26)14-6-4-5-7-15(14)28-20(17)21(25)27/h4-11,18H,3H2,1-2H3. The maximum atomic E-state index is 13.4. The van der Waals surface area contributed by atoms with Gasteiger partial charge in [0.05, 0.1) is 17.0 Å². The van der Waals surface area contributed by atoms with Gasteiger partial charge in [-0.1, -0.05) is 60.2 Å². The maximum Gasteiger partial charge on any atom is 0.297 e. The van der Waals surface area contributed by atoms with Crippen molar-refractivity contribution in [3.8, 4) is 0 Å². The van der Waals surface area contributed by atoms with Crippen LogP contribution in [0.1, 0.15) is 45.2 Å². The van der Waals surface area contributed by atoms with Gasteiger partial charge in [0.15, 0.2) is 5.43 Å². The van der Waals surface area contributed by atoms with Crippen LogP contribution in [0.2, 0.25) is 0 Å². The summed E-state index contributed by atoms with van der Waals surface area (Å²) in [7, 11) is 0. The van der Waals surface area contributed by atoms with E-state index >= 15 is 0 Å². The van der Waals surface area contributed by atoms with Gasteiger partial charge in [-0.15, -0.1) is 10.2 Å². The van der Waals surface area contributed by atoms with Gasteiger partial charge < -0.3 is 4.42 Å². The largest absolute Gasteiger partial charge is 0.450 e. The summed E-state index contributed by atoms with van der Waals surface area (Å²) in [6.07, 6.45) is 0.725. The van der Waals surface area contributed by atoms with Gasteiger partial charge in [-0.3, -0.25) is 14.5 Å². The third-order valence-corrected chi connectivity index (χ3v) is 6.20. The van der Waals surface area contributed by atoms with Gasteiger partial charge in [0.25, 0.3) is 5.91 Å². The third kappa shape index (κ3) is 2.69. The maximum absolute atomic E-state index is 13.4. The molecule has 0 fully saturated rings. The second kappa shape index (κ2) is 6.63. The molecule has 0 aliphatic carbocycles. The van der Waals surface area contributed by atoms with Gasteiger partial charge in [-0.05, 0) is 31.0 Å². The predicted molar refractivity (Wildman–Crippen MR) is 112 cm³/mol. The Labute approximate surface area is 170 Å². The molecule has 4 aromatic rings. The summed E-state index contributed by atoms with van der Waals surface area (Å²) in [6.45, 7) is 3.98. The van der Waals surface area contributed by atoms with Crippen LogP contribution in [0.15, 0.2) is 57.7 Å².